The zero-order valence-electron chi connectivity index (χ0n) is 14.7. The van der Waals surface area contributed by atoms with Crippen molar-refractivity contribution in [3.63, 3.8) is 0 Å². The van der Waals surface area contributed by atoms with Gasteiger partial charge in [-0.3, -0.25) is 0 Å². The van der Waals surface area contributed by atoms with Gasteiger partial charge in [-0.25, -0.2) is 4.98 Å². The van der Waals surface area contributed by atoms with E-state index in [2.05, 4.69) is 17.6 Å². The summed E-state index contributed by atoms with van der Waals surface area (Å²) in [6, 6.07) is 15.7. The van der Waals surface area contributed by atoms with Crippen LogP contribution >= 0.6 is 11.6 Å². The van der Waals surface area contributed by atoms with Gasteiger partial charge in [0.1, 0.15) is 23.9 Å². The third-order valence-corrected chi connectivity index (χ3v) is 4.61. The molecule has 0 unspecified atom stereocenters. The van der Waals surface area contributed by atoms with Crippen molar-refractivity contribution in [2.24, 2.45) is 0 Å². The molecule has 4 rings (SSSR count). The van der Waals surface area contributed by atoms with Crippen molar-refractivity contribution in [3.05, 3.63) is 82.5 Å². The van der Waals surface area contributed by atoms with E-state index in [4.69, 9.17) is 25.7 Å². The van der Waals surface area contributed by atoms with Crippen LogP contribution in [0, 0.1) is 13.8 Å². The van der Waals surface area contributed by atoms with Crippen LogP contribution < -0.4 is 4.74 Å². The molecule has 2 aromatic carbocycles. The fourth-order valence-corrected chi connectivity index (χ4v) is 3.27. The number of halogens is 1. The molecular weight excluding hydrogens is 348 g/mol. The van der Waals surface area contributed by atoms with Crippen molar-refractivity contribution in [1.82, 2.24) is 9.55 Å². The van der Waals surface area contributed by atoms with Gasteiger partial charge in [-0.05, 0) is 55.8 Å². The third kappa shape index (κ3) is 3.33. The van der Waals surface area contributed by atoms with Gasteiger partial charge in [-0.1, -0.05) is 29.3 Å². The van der Waals surface area contributed by atoms with E-state index in [1.165, 1.54) is 5.56 Å². The van der Waals surface area contributed by atoms with E-state index in [0.717, 1.165) is 33.9 Å². The normalized spacial score (nSPS) is 11.2. The third-order valence-electron chi connectivity index (χ3n) is 4.37. The maximum Gasteiger partial charge on any atom is 0.148 e. The Balaban J connectivity index is 1.68. The minimum absolute atomic E-state index is 0.372. The van der Waals surface area contributed by atoms with Crippen molar-refractivity contribution in [2.45, 2.75) is 27.0 Å². The van der Waals surface area contributed by atoms with E-state index in [1.807, 2.05) is 49.4 Å². The van der Waals surface area contributed by atoms with Gasteiger partial charge < -0.3 is 13.7 Å². The summed E-state index contributed by atoms with van der Waals surface area (Å²) < 4.78 is 13.7. The molecule has 0 atom stereocenters. The summed E-state index contributed by atoms with van der Waals surface area (Å²) in [5, 5.41) is 0.669. The first-order valence-corrected chi connectivity index (χ1v) is 8.85. The van der Waals surface area contributed by atoms with Crippen molar-refractivity contribution in [1.29, 1.82) is 0 Å². The maximum absolute atomic E-state index is 6.13. The highest BCUT2D eigenvalue weighted by Crippen LogP contribution is 2.24. The predicted octanol–water partition coefficient (Wildman–Crippen LogP) is 5.53. The molecule has 0 aliphatic rings. The quantitative estimate of drug-likeness (QED) is 0.466. The molecule has 4 aromatic rings. The number of aryl methyl sites for hydroxylation is 2. The number of ether oxygens (including phenoxy) is 1. The molecule has 0 aliphatic heterocycles. The Morgan fingerprint density at radius 2 is 2.00 bits per heavy atom. The van der Waals surface area contributed by atoms with Crippen LogP contribution in [-0.4, -0.2) is 9.55 Å². The van der Waals surface area contributed by atoms with Crippen LogP contribution in [0.1, 0.15) is 22.7 Å². The fourth-order valence-electron chi connectivity index (χ4n) is 3.10. The lowest BCUT2D eigenvalue weighted by Crippen LogP contribution is -2.08. The molecule has 5 heteroatoms. The minimum Gasteiger partial charge on any atom is -0.485 e. The standard InChI is InChI=1S/C21H19ClN2O2/c1-14-5-8-20(15(2)10-14)26-13-21-23-18-11-16(22)6-7-19(18)24(21)12-17-4-3-9-25-17/h3-11H,12-13H2,1-2H3. The smallest absolute Gasteiger partial charge is 0.148 e. The summed E-state index contributed by atoms with van der Waals surface area (Å²) in [5.74, 6) is 2.57. The molecule has 4 nitrogen and oxygen atoms in total. The van der Waals surface area contributed by atoms with Crippen molar-refractivity contribution >= 4 is 22.6 Å². The highest BCUT2D eigenvalue weighted by molar-refractivity contribution is 6.31. The van der Waals surface area contributed by atoms with Gasteiger partial charge in [0.05, 0.1) is 23.8 Å². The molecule has 0 N–H and O–H groups in total. The first-order valence-electron chi connectivity index (χ1n) is 8.47. The van der Waals surface area contributed by atoms with E-state index in [9.17, 15) is 0 Å². The average molecular weight is 367 g/mol. The number of benzene rings is 2. The number of aromatic nitrogens is 2. The molecule has 26 heavy (non-hydrogen) atoms. The molecule has 2 heterocycles. The molecule has 0 radical (unpaired) electrons. The second-order valence-corrected chi connectivity index (χ2v) is 6.82. The second kappa shape index (κ2) is 6.89. The molecule has 0 fully saturated rings. The summed E-state index contributed by atoms with van der Waals surface area (Å²) in [6.07, 6.45) is 1.68. The van der Waals surface area contributed by atoms with Gasteiger partial charge in [0.15, 0.2) is 0 Å². The number of furan rings is 1. The van der Waals surface area contributed by atoms with Gasteiger partial charge in [0.2, 0.25) is 0 Å². The largest absolute Gasteiger partial charge is 0.485 e. The fraction of sp³-hybridized carbons (Fsp3) is 0.190. The summed E-state index contributed by atoms with van der Waals surface area (Å²) in [5.41, 5.74) is 4.18. The highest BCUT2D eigenvalue weighted by atomic mass is 35.5. The SMILES string of the molecule is Cc1ccc(OCc2nc3cc(Cl)ccc3n2Cc2ccco2)c(C)c1. The van der Waals surface area contributed by atoms with Crippen LogP contribution in [0.5, 0.6) is 5.75 Å². The summed E-state index contributed by atoms with van der Waals surface area (Å²) in [6.45, 7) is 5.09. The Morgan fingerprint density at radius 3 is 2.77 bits per heavy atom. The van der Waals surface area contributed by atoms with E-state index in [1.54, 1.807) is 6.26 Å². The number of hydrogen-bond donors (Lipinski definition) is 0. The Kier molecular flexibility index (Phi) is 4.43. The molecule has 0 amide bonds. The molecule has 2 aromatic heterocycles. The van der Waals surface area contributed by atoms with Crippen LogP contribution in [0.2, 0.25) is 5.02 Å². The molecular formula is C21H19ClN2O2. The van der Waals surface area contributed by atoms with Gasteiger partial charge >= 0.3 is 0 Å². The maximum atomic E-state index is 6.13. The number of imidazole rings is 1. The lowest BCUT2D eigenvalue weighted by molar-refractivity contribution is 0.288. The predicted molar refractivity (Wildman–Crippen MR) is 103 cm³/mol. The van der Waals surface area contributed by atoms with Crippen LogP contribution in [0.4, 0.5) is 0 Å². The Labute approximate surface area is 157 Å². The van der Waals surface area contributed by atoms with Gasteiger partial charge in [0, 0.05) is 5.02 Å². The zero-order valence-corrected chi connectivity index (χ0v) is 15.5. The van der Waals surface area contributed by atoms with Crippen LogP contribution in [0.3, 0.4) is 0 Å². The summed E-state index contributed by atoms with van der Waals surface area (Å²) >= 11 is 6.13. The minimum atomic E-state index is 0.372. The summed E-state index contributed by atoms with van der Waals surface area (Å²) in [7, 11) is 0. The molecule has 132 valence electrons. The van der Waals surface area contributed by atoms with Gasteiger partial charge in [-0.15, -0.1) is 0 Å². The lowest BCUT2D eigenvalue weighted by atomic mass is 10.1. The van der Waals surface area contributed by atoms with E-state index >= 15 is 0 Å². The zero-order chi connectivity index (χ0) is 18.1. The van der Waals surface area contributed by atoms with Crippen LogP contribution in [0.25, 0.3) is 11.0 Å². The van der Waals surface area contributed by atoms with Crippen molar-refractivity contribution < 1.29 is 9.15 Å². The average Bonchev–Trinajstić information content (AvgIpc) is 3.22. The van der Waals surface area contributed by atoms with Crippen LogP contribution in [-0.2, 0) is 13.2 Å². The first kappa shape index (κ1) is 16.7. The van der Waals surface area contributed by atoms with Gasteiger partial charge in [0.25, 0.3) is 0 Å². The van der Waals surface area contributed by atoms with Crippen molar-refractivity contribution in [2.75, 3.05) is 0 Å². The van der Waals surface area contributed by atoms with E-state index < -0.39 is 0 Å². The first-order chi connectivity index (χ1) is 12.6. The Hall–Kier alpha value is -2.72. The molecule has 0 aliphatic carbocycles. The van der Waals surface area contributed by atoms with Crippen LogP contribution in [0.15, 0.2) is 59.2 Å². The molecule has 0 bridgehead atoms. The summed E-state index contributed by atoms with van der Waals surface area (Å²) in [4.78, 5) is 4.73. The molecule has 0 saturated carbocycles. The van der Waals surface area contributed by atoms with Gasteiger partial charge in [-0.2, -0.15) is 0 Å². The highest BCUT2D eigenvalue weighted by Gasteiger charge is 2.14. The second-order valence-electron chi connectivity index (χ2n) is 6.38. The lowest BCUT2D eigenvalue weighted by Gasteiger charge is -2.11. The molecule has 0 spiro atoms. The van der Waals surface area contributed by atoms with E-state index in [0.29, 0.717) is 18.2 Å². The van der Waals surface area contributed by atoms with Crippen molar-refractivity contribution in [3.8, 4) is 5.75 Å². The Morgan fingerprint density at radius 1 is 1.12 bits per heavy atom. The van der Waals surface area contributed by atoms with E-state index in [-0.39, 0.29) is 0 Å². The number of hydrogen-bond acceptors (Lipinski definition) is 3. The topological polar surface area (TPSA) is 40.2 Å². The molecule has 0 saturated heterocycles. The monoisotopic (exact) mass is 366 g/mol. The number of fused-ring (bicyclic) bond motifs is 1. The number of nitrogens with zero attached hydrogens (tertiary/aromatic N) is 2. The number of rotatable bonds is 5. The Bertz CT molecular complexity index is 1050.